The van der Waals surface area contributed by atoms with Crippen molar-refractivity contribution in [3.63, 3.8) is 0 Å². The summed E-state index contributed by atoms with van der Waals surface area (Å²) in [5.74, 6) is -0.942. The summed E-state index contributed by atoms with van der Waals surface area (Å²) in [6.45, 7) is 2.98. The van der Waals surface area contributed by atoms with E-state index in [1.54, 1.807) is 12.1 Å². The third-order valence-electron chi connectivity index (χ3n) is 2.82. The van der Waals surface area contributed by atoms with E-state index in [0.29, 0.717) is 17.7 Å². The Bertz CT molecular complexity index is 424. The number of amides is 1. The van der Waals surface area contributed by atoms with Gasteiger partial charge in [0.1, 0.15) is 5.82 Å². The largest absolute Gasteiger partial charge is 0.379 e. The van der Waals surface area contributed by atoms with Crippen LogP contribution in [-0.4, -0.2) is 24.7 Å². The lowest BCUT2D eigenvalue weighted by atomic mass is 10.0. The lowest BCUT2D eigenvalue weighted by Crippen LogP contribution is -2.46. The Morgan fingerprint density at radius 1 is 1.59 bits per heavy atom. The second-order valence-corrected chi connectivity index (χ2v) is 5.27. The number of halogens is 2. The van der Waals surface area contributed by atoms with Gasteiger partial charge in [-0.05, 0) is 41.4 Å². The molecule has 0 aliphatic carbocycles. The van der Waals surface area contributed by atoms with Gasteiger partial charge in [-0.25, -0.2) is 4.39 Å². The van der Waals surface area contributed by atoms with Crippen molar-refractivity contribution in [3.8, 4) is 0 Å². The lowest BCUT2D eigenvalue weighted by Gasteiger charge is -2.23. The normalized spacial score (nSPS) is 23.7. The van der Waals surface area contributed by atoms with Crippen molar-refractivity contribution < 1.29 is 13.9 Å². The Hall–Kier alpha value is -0.940. The molecule has 17 heavy (non-hydrogen) atoms. The van der Waals surface area contributed by atoms with Gasteiger partial charge in [0.2, 0.25) is 0 Å². The summed E-state index contributed by atoms with van der Waals surface area (Å²) in [6.07, 6.45) is 0.741. The van der Waals surface area contributed by atoms with E-state index in [0.717, 1.165) is 6.42 Å². The zero-order valence-electron chi connectivity index (χ0n) is 9.43. The minimum atomic E-state index is -0.528. The van der Waals surface area contributed by atoms with Crippen LogP contribution in [0.15, 0.2) is 22.7 Å². The van der Waals surface area contributed by atoms with E-state index in [-0.39, 0.29) is 5.56 Å². The standard InChI is InChI=1S/C12H13BrFNO2/c1-12(5-6-17-7-12)15-11(16)10-8(13)3-2-4-9(10)14/h2-4H,5-7H2,1H3,(H,15,16). The molecule has 0 radical (unpaired) electrons. The fourth-order valence-electron chi connectivity index (χ4n) is 1.82. The number of rotatable bonds is 2. The topological polar surface area (TPSA) is 38.3 Å². The first-order valence-corrected chi connectivity index (χ1v) is 6.15. The second-order valence-electron chi connectivity index (χ2n) is 4.41. The highest BCUT2D eigenvalue weighted by atomic mass is 79.9. The number of hydrogen-bond donors (Lipinski definition) is 1. The van der Waals surface area contributed by atoms with Crippen LogP contribution in [0.1, 0.15) is 23.7 Å². The van der Waals surface area contributed by atoms with Gasteiger partial charge in [0, 0.05) is 11.1 Å². The molecule has 2 rings (SSSR count). The van der Waals surface area contributed by atoms with Gasteiger partial charge in [-0.1, -0.05) is 6.07 Å². The summed E-state index contributed by atoms with van der Waals surface area (Å²) in [7, 11) is 0. The fourth-order valence-corrected chi connectivity index (χ4v) is 2.34. The van der Waals surface area contributed by atoms with Gasteiger partial charge < -0.3 is 10.1 Å². The molecule has 3 nitrogen and oxygen atoms in total. The Morgan fingerprint density at radius 3 is 2.94 bits per heavy atom. The molecule has 1 fully saturated rings. The molecule has 1 heterocycles. The SMILES string of the molecule is CC1(NC(=O)c2c(F)cccc2Br)CCOC1. The van der Waals surface area contributed by atoms with Gasteiger partial charge in [0.25, 0.3) is 5.91 Å². The molecular formula is C12H13BrFNO2. The van der Waals surface area contributed by atoms with Crippen molar-refractivity contribution in [1.82, 2.24) is 5.32 Å². The fraction of sp³-hybridized carbons (Fsp3) is 0.417. The monoisotopic (exact) mass is 301 g/mol. The molecule has 1 saturated heterocycles. The van der Waals surface area contributed by atoms with Crippen LogP contribution in [0.3, 0.4) is 0 Å². The second kappa shape index (κ2) is 4.74. The molecule has 1 aliphatic rings. The van der Waals surface area contributed by atoms with Crippen LogP contribution in [0.5, 0.6) is 0 Å². The smallest absolute Gasteiger partial charge is 0.255 e. The highest BCUT2D eigenvalue weighted by molar-refractivity contribution is 9.10. The van der Waals surface area contributed by atoms with E-state index in [9.17, 15) is 9.18 Å². The average molecular weight is 302 g/mol. The molecule has 5 heteroatoms. The van der Waals surface area contributed by atoms with Gasteiger partial charge in [-0.2, -0.15) is 0 Å². The maximum atomic E-state index is 13.6. The summed E-state index contributed by atoms with van der Waals surface area (Å²) in [5, 5.41) is 2.82. The maximum absolute atomic E-state index is 13.6. The molecule has 0 spiro atoms. The molecule has 1 amide bonds. The number of benzene rings is 1. The van der Waals surface area contributed by atoms with Crippen LogP contribution in [0.25, 0.3) is 0 Å². The maximum Gasteiger partial charge on any atom is 0.255 e. The van der Waals surface area contributed by atoms with Gasteiger partial charge in [0.05, 0.1) is 17.7 Å². The highest BCUT2D eigenvalue weighted by Crippen LogP contribution is 2.22. The van der Waals surface area contributed by atoms with Crippen LogP contribution < -0.4 is 5.32 Å². The Balaban J connectivity index is 2.20. The summed E-state index contributed by atoms with van der Waals surface area (Å²) in [5.41, 5.74) is -0.362. The minimum Gasteiger partial charge on any atom is -0.379 e. The molecule has 1 unspecified atom stereocenters. The molecule has 0 bridgehead atoms. The van der Waals surface area contributed by atoms with Gasteiger partial charge in [0.15, 0.2) is 0 Å². The van der Waals surface area contributed by atoms with Crippen LogP contribution >= 0.6 is 15.9 Å². The first kappa shape index (κ1) is 12.5. The highest BCUT2D eigenvalue weighted by Gasteiger charge is 2.32. The van der Waals surface area contributed by atoms with Crippen LogP contribution in [-0.2, 0) is 4.74 Å². The minimum absolute atomic E-state index is 0.0422. The number of carbonyl (C=O) groups is 1. The first-order valence-electron chi connectivity index (χ1n) is 5.36. The van der Waals surface area contributed by atoms with E-state index >= 15 is 0 Å². The number of ether oxygens (including phenoxy) is 1. The van der Waals surface area contributed by atoms with E-state index in [4.69, 9.17) is 4.74 Å². The predicted molar refractivity (Wildman–Crippen MR) is 65.4 cm³/mol. The zero-order valence-corrected chi connectivity index (χ0v) is 11.0. The van der Waals surface area contributed by atoms with Crippen molar-refractivity contribution in [2.45, 2.75) is 18.9 Å². The van der Waals surface area contributed by atoms with Crippen molar-refractivity contribution in [2.75, 3.05) is 13.2 Å². The van der Waals surface area contributed by atoms with Crippen LogP contribution in [0, 0.1) is 5.82 Å². The average Bonchev–Trinajstić information content (AvgIpc) is 2.64. The van der Waals surface area contributed by atoms with Gasteiger partial charge >= 0.3 is 0 Å². The van der Waals surface area contributed by atoms with Gasteiger partial charge in [-0.3, -0.25) is 4.79 Å². The quantitative estimate of drug-likeness (QED) is 0.911. The summed E-state index contributed by atoms with van der Waals surface area (Å²) in [4.78, 5) is 12.0. The van der Waals surface area contributed by atoms with Crippen LogP contribution in [0.4, 0.5) is 4.39 Å². The van der Waals surface area contributed by atoms with E-state index in [2.05, 4.69) is 21.2 Å². The molecule has 0 saturated carbocycles. The third kappa shape index (κ3) is 2.66. The molecular weight excluding hydrogens is 289 g/mol. The first-order chi connectivity index (χ1) is 8.02. The molecule has 1 N–H and O–H groups in total. The zero-order chi connectivity index (χ0) is 12.5. The molecule has 0 aromatic heterocycles. The molecule has 92 valence electrons. The van der Waals surface area contributed by atoms with E-state index in [1.807, 2.05) is 6.92 Å². The summed E-state index contributed by atoms with van der Waals surface area (Å²) >= 11 is 3.18. The molecule has 1 aliphatic heterocycles. The molecule has 1 aromatic rings. The van der Waals surface area contributed by atoms with Crippen LogP contribution in [0.2, 0.25) is 0 Å². The van der Waals surface area contributed by atoms with Crippen molar-refractivity contribution in [2.24, 2.45) is 0 Å². The molecule has 1 atom stereocenters. The van der Waals surface area contributed by atoms with Crippen molar-refractivity contribution in [3.05, 3.63) is 34.1 Å². The Kier molecular flexibility index (Phi) is 3.49. The van der Waals surface area contributed by atoms with E-state index < -0.39 is 17.3 Å². The van der Waals surface area contributed by atoms with Gasteiger partial charge in [-0.15, -0.1) is 0 Å². The van der Waals surface area contributed by atoms with Crippen molar-refractivity contribution >= 4 is 21.8 Å². The van der Waals surface area contributed by atoms with E-state index in [1.165, 1.54) is 6.07 Å². The number of hydrogen-bond acceptors (Lipinski definition) is 2. The number of carbonyl (C=O) groups excluding carboxylic acids is 1. The Morgan fingerprint density at radius 2 is 2.35 bits per heavy atom. The summed E-state index contributed by atoms with van der Waals surface area (Å²) in [6, 6.07) is 4.47. The van der Waals surface area contributed by atoms with Crippen molar-refractivity contribution in [1.29, 1.82) is 0 Å². The third-order valence-corrected chi connectivity index (χ3v) is 3.48. The lowest BCUT2D eigenvalue weighted by molar-refractivity contribution is 0.0885. The predicted octanol–water partition coefficient (Wildman–Crippen LogP) is 2.50. The Labute approximate surface area is 107 Å². The molecule has 1 aromatic carbocycles. The summed E-state index contributed by atoms with van der Waals surface area (Å²) < 4.78 is 19.3. The number of nitrogens with one attached hydrogen (secondary N) is 1.